The second-order valence-corrected chi connectivity index (χ2v) is 4.37. The maximum atomic E-state index is 12.2. The van der Waals surface area contributed by atoms with Gasteiger partial charge in [0.2, 0.25) is 0 Å². The molecule has 7 heteroatoms. The summed E-state index contributed by atoms with van der Waals surface area (Å²) in [6.45, 7) is 1.41. The predicted molar refractivity (Wildman–Crippen MR) is 59.4 cm³/mol. The minimum Gasteiger partial charge on any atom is -0.503 e. The van der Waals surface area contributed by atoms with Crippen molar-refractivity contribution in [2.45, 2.75) is 19.2 Å². The lowest BCUT2D eigenvalue weighted by molar-refractivity contribution is -0.0920. The first-order valence-electron chi connectivity index (χ1n) is 5.67. The molecule has 3 rings (SSSR count). The van der Waals surface area contributed by atoms with Gasteiger partial charge in [-0.05, 0) is 6.42 Å². The van der Waals surface area contributed by atoms with Crippen molar-refractivity contribution in [1.29, 1.82) is 0 Å². The van der Waals surface area contributed by atoms with Crippen LogP contribution in [0.4, 0.5) is 0 Å². The second-order valence-electron chi connectivity index (χ2n) is 4.37. The summed E-state index contributed by atoms with van der Waals surface area (Å²) in [5, 5.41) is 19.1. The third kappa shape index (κ3) is 1.40. The first-order chi connectivity index (χ1) is 8.59. The van der Waals surface area contributed by atoms with Crippen LogP contribution in [0.15, 0.2) is 11.0 Å². The van der Waals surface area contributed by atoms with Crippen LogP contribution in [0.1, 0.15) is 16.9 Å². The summed E-state index contributed by atoms with van der Waals surface area (Å²) in [4.78, 5) is 25.1. The number of rotatable bonds is 0. The summed E-state index contributed by atoms with van der Waals surface area (Å²) in [5.41, 5.74) is -1.01. The molecule has 1 amide bonds. The number of amides is 1. The Balaban J connectivity index is 2.16. The van der Waals surface area contributed by atoms with Crippen molar-refractivity contribution in [2.75, 3.05) is 13.2 Å². The number of carbonyl (C=O) groups excluding carboxylic acids is 1. The van der Waals surface area contributed by atoms with Gasteiger partial charge in [-0.2, -0.15) is 0 Å². The number of nitrogens with zero attached hydrogens (tertiary/aromatic N) is 2. The van der Waals surface area contributed by atoms with Gasteiger partial charge in [0, 0.05) is 6.54 Å². The average molecular weight is 252 g/mol. The smallest absolute Gasteiger partial charge is 0.276 e. The third-order valence-electron chi connectivity index (χ3n) is 3.25. The molecule has 1 atom stereocenters. The zero-order valence-corrected chi connectivity index (χ0v) is 9.50. The van der Waals surface area contributed by atoms with E-state index in [1.165, 1.54) is 9.47 Å². The maximum absolute atomic E-state index is 12.2. The zero-order chi connectivity index (χ0) is 12.9. The van der Waals surface area contributed by atoms with Gasteiger partial charge in [-0.1, -0.05) is 0 Å². The summed E-state index contributed by atoms with van der Waals surface area (Å²) in [6.07, 6.45) is 1.48. The van der Waals surface area contributed by atoms with Gasteiger partial charge >= 0.3 is 0 Å². The van der Waals surface area contributed by atoms with Crippen molar-refractivity contribution >= 4 is 5.91 Å². The number of hydrogen-bond donors (Lipinski definition) is 2. The lowest BCUT2D eigenvalue weighted by Gasteiger charge is -2.40. The van der Waals surface area contributed by atoms with Gasteiger partial charge in [-0.25, -0.2) is 0 Å². The Morgan fingerprint density at radius 2 is 2.11 bits per heavy atom. The van der Waals surface area contributed by atoms with Crippen molar-refractivity contribution < 1.29 is 19.7 Å². The molecule has 0 spiro atoms. The summed E-state index contributed by atoms with van der Waals surface area (Å²) >= 11 is 0. The van der Waals surface area contributed by atoms with E-state index in [1.54, 1.807) is 0 Å². The van der Waals surface area contributed by atoms with E-state index in [-0.39, 0.29) is 5.69 Å². The Bertz CT molecular complexity index is 580. The number of carbonyl (C=O) groups is 1. The van der Waals surface area contributed by atoms with Crippen LogP contribution in [-0.4, -0.2) is 45.0 Å². The van der Waals surface area contributed by atoms with Crippen LogP contribution < -0.4 is 5.43 Å². The van der Waals surface area contributed by atoms with Crippen LogP contribution in [0.2, 0.25) is 0 Å². The predicted octanol–water partition coefficient (Wildman–Crippen LogP) is -0.538. The van der Waals surface area contributed by atoms with Crippen LogP contribution in [-0.2, 0) is 11.3 Å². The number of fused-ring (bicyclic) bond motifs is 2. The SMILES string of the molecule is O=C1c2c(O)c(=O)c(O)cn2CC2OCCCN12. The molecule has 1 unspecified atom stereocenters. The van der Waals surface area contributed by atoms with Gasteiger partial charge in [0.25, 0.3) is 11.3 Å². The molecule has 1 aromatic heterocycles. The molecular formula is C11H12N2O5. The number of hydrogen-bond acceptors (Lipinski definition) is 5. The molecule has 1 fully saturated rings. The molecular weight excluding hydrogens is 240 g/mol. The van der Waals surface area contributed by atoms with Crippen LogP contribution in [0.5, 0.6) is 11.5 Å². The first kappa shape index (κ1) is 11.1. The highest BCUT2D eigenvalue weighted by atomic mass is 16.5. The highest BCUT2D eigenvalue weighted by Gasteiger charge is 2.37. The Kier molecular flexibility index (Phi) is 2.30. The van der Waals surface area contributed by atoms with Crippen LogP contribution >= 0.6 is 0 Å². The second kappa shape index (κ2) is 3.74. The maximum Gasteiger partial charge on any atom is 0.276 e. The van der Waals surface area contributed by atoms with Gasteiger partial charge in [-0.15, -0.1) is 0 Å². The normalized spacial score (nSPS) is 22.6. The van der Waals surface area contributed by atoms with E-state index in [9.17, 15) is 19.8 Å². The van der Waals surface area contributed by atoms with E-state index in [1.807, 2.05) is 0 Å². The molecule has 2 N–H and O–H groups in total. The van der Waals surface area contributed by atoms with E-state index in [2.05, 4.69) is 0 Å². The van der Waals surface area contributed by atoms with Crippen LogP contribution in [0.25, 0.3) is 0 Å². The molecule has 18 heavy (non-hydrogen) atoms. The molecule has 1 saturated heterocycles. The van der Waals surface area contributed by atoms with E-state index in [4.69, 9.17) is 4.74 Å². The minimum atomic E-state index is -0.925. The highest BCUT2D eigenvalue weighted by molar-refractivity contribution is 5.96. The fourth-order valence-electron chi connectivity index (χ4n) is 2.38. The lowest BCUT2D eigenvalue weighted by atomic mass is 10.1. The van der Waals surface area contributed by atoms with Gasteiger partial charge in [0.1, 0.15) is 0 Å². The largest absolute Gasteiger partial charge is 0.503 e. The van der Waals surface area contributed by atoms with Gasteiger partial charge in [0.15, 0.2) is 23.4 Å². The Hall–Kier alpha value is -2.02. The van der Waals surface area contributed by atoms with E-state index < -0.39 is 29.1 Å². The number of pyridine rings is 1. The highest BCUT2D eigenvalue weighted by Crippen LogP contribution is 2.27. The fraction of sp³-hybridized carbons (Fsp3) is 0.455. The molecule has 96 valence electrons. The summed E-state index contributed by atoms with van der Waals surface area (Å²) in [6, 6.07) is 0. The lowest BCUT2D eigenvalue weighted by Crippen LogP contribution is -2.53. The van der Waals surface area contributed by atoms with Crippen molar-refractivity contribution in [3.05, 3.63) is 22.1 Å². The molecule has 0 aromatic carbocycles. The molecule has 0 saturated carbocycles. The van der Waals surface area contributed by atoms with Crippen LogP contribution in [0, 0.1) is 0 Å². The number of aromatic hydroxyl groups is 2. The van der Waals surface area contributed by atoms with Crippen molar-refractivity contribution in [3.63, 3.8) is 0 Å². The fourth-order valence-corrected chi connectivity index (χ4v) is 2.38. The molecule has 1 aromatic rings. The topological polar surface area (TPSA) is 92.0 Å². The van der Waals surface area contributed by atoms with Gasteiger partial charge in [-0.3, -0.25) is 9.59 Å². The summed E-state index contributed by atoms with van der Waals surface area (Å²) in [7, 11) is 0. The Labute approximate surface area is 102 Å². The van der Waals surface area contributed by atoms with E-state index >= 15 is 0 Å². The molecule has 2 aliphatic rings. The summed E-state index contributed by atoms with van der Waals surface area (Å²) in [5.74, 6) is -1.72. The van der Waals surface area contributed by atoms with E-state index in [0.717, 1.165) is 12.6 Å². The van der Waals surface area contributed by atoms with Crippen LogP contribution in [0.3, 0.4) is 0 Å². The van der Waals surface area contributed by atoms with Crippen molar-refractivity contribution in [2.24, 2.45) is 0 Å². The quantitative estimate of drug-likeness (QED) is 0.647. The molecule has 2 aliphatic heterocycles. The Morgan fingerprint density at radius 1 is 1.33 bits per heavy atom. The number of aromatic nitrogens is 1. The van der Waals surface area contributed by atoms with Crippen molar-refractivity contribution in [3.8, 4) is 11.5 Å². The van der Waals surface area contributed by atoms with E-state index in [0.29, 0.717) is 19.7 Å². The first-order valence-corrected chi connectivity index (χ1v) is 5.67. The third-order valence-corrected chi connectivity index (χ3v) is 3.25. The Morgan fingerprint density at radius 3 is 2.89 bits per heavy atom. The molecule has 0 aliphatic carbocycles. The van der Waals surface area contributed by atoms with Gasteiger partial charge in [0.05, 0.1) is 19.3 Å². The molecule has 0 radical (unpaired) electrons. The molecule has 3 heterocycles. The summed E-state index contributed by atoms with van der Waals surface area (Å²) < 4.78 is 6.82. The average Bonchev–Trinajstić information content (AvgIpc) is 2.36. The monoisotopic (exact) mass is 252 g/mol. The van der Waals surface area contributed by atoms with Crippen molar-refractivity contribution in [1.82, 2.24) is 9.47 Å². The molecule has 7 nitrogen and oxygen atoms in total. The number of ether oxygens (including phenoxy) is 1. The zero-order valence-electron chi connectivity index (χ0n) is 9.50. The molecule has 0 bridgehead atoms. The van der Waals surface area contributed by atoms with Gasteiger partial charge < -0.3 is 24.4 Å². The standard InChI is InChI=1S/C11H12N2O5/c14-6-4-12-5-7-13(2-1-3-18-7)11(17)8(12)10(16)9(6)15/h4,7,14,16H,1-3,5H2. The minimum absolute atomic E-state index is 0.0837.